The molecule has 8 heteroatoms. The molecule has 1 aromatic heterocycles. The Morgan fingerprint density at radius 1 is 1.00 bits per heavy atom. The van der Waals surface area contributed by atoms with Crippen molar-refractivity contribution < 1.29 is 14.3 Å². The number of hydrogen-bond acceptors (Lipinski definition) is 5. The van der Waals surface area contributed by atoms with Crippen LogP contribution in [0.3, 0.4) is 0 Å². The van der Waals surface area contributed by atoms with Crippen molar-refractivity contribution in [3.05, 3.63) is 65.7 Å². The van der Waals surface area contributed by atoms with E-state index in [9.17, 15) is 9.59 Å². The Morgan fingerprint density at radius 3 is 2.54 bits per heavy atom. The third-order valence-corrected chi connectivity index (χ3v) is 4.41. The first kappa shape index (κ1) is 19.4. The van der Waals surface area contributed by atoms with E-state index in [1.165, 1.54) is 11.3 Å². The average Bonchev–Trinajstić information content (AvgIpc) is 3.10. The number of carbonyl (C=O) groups excluding carboxylic acids is 2. The second kappa shape index (κ2) is 9.52. The molecular formula is C20H20N4O3S. The number of anilines is 3. The molecule has 3 amide bonds. The number of aromatic nitrogens is 1. The summed E-state index contributed by atoms with van der Waals surface area (Å²) in [6, 6.07) is 16.0. The van der Waals surface area contributed by atoms with Crippen molar-refractivity contribution in [3.63, 3.8) is 0 Å². The molecular weight excluding hydrogens is 376 g/mol. The van der Waals surface area contributed by atoms with Crippen LogP contribution in [0.25, 0.3) is 0 Å². The molecule has 144 valence electrons. The molecule has 2 aromatic carbocycles. The van der Waals surface area contributed by atoms with Crippen LogP contribution in [0.1, 0.15) is 12.6 Å². The number of rotatable bonds is 7. The van der Waals surface area contributed by atoms with Gasteiger partial charge < -0.3 is 15.4 Å². The number of amides is 3. The van der Waals surface area contributed by atoms with Gasteiger partial charge in [-0.15, -0.1) is 11.3 Å². The summed E-state index contributed by atoms with van der Waals surface area (Å²) in [5.41, 5.74) is 1.88. The number of ether oxygens (including phenoxy) is 1. The highest BCUT2D eigenvalue weighted by atomic mass is 32.1. The lowest BCUT2D eigenvalue weighted by Gasteiger charge is -2.10. The number of urea groups is 1. The van der Waals surface area contributed by atoms with Gasteiger partial charge in [-0.3, -0.25) is 10.1 Å². The van der Waals surface area contributed by atoms with E-state index in [4.69, 9.17) is 4.74 Å². The molecule has 0 unspecified atom stereocenters. The third kappa shape index (κ3) is 5.55. The van der Waals surface area contributed by atoms with Gasteiger partial charge in [0.15, 0.2) is 5.13 Å². The molecule has 0 aliphatic heterocycles. The highest BCUT2D eigenvalue weighted by Gasteiger charge is 2.12. The summed E-state index contributed by atoms with van der Waals surface area (Å²) in [6.07, 6.45) is 0.0962. The minimum Gasteiger partial charge on any atom is -0.492 e. The number of nitrogens with one attached hydrogen (secondary N) is 3. The van der Waals surface area contributed by atoms with Crippen LogP contribution >= 0.6 is 11.3 Å². The Labute approximate surface area is 166 Å². The van der Waals surface area contributed by atoms with Gasteiger partial charge in [-0.1, -0.05) is 30.3 Å². The number of para-hydroxylation sites is 3. The zero-order chi connectivity index (χ0) is 19.8. The van der Waals surface area contributed by atoms with Gasteiger partial charge in [-0.2, -0.15) is 0 Å². The van der Waals surface area contributed by atoms with E-state index >= 15 is 0 Å². The summed E-state index contributed by atoms with van der Waals surface area (Å²) in [5.74, 6) is 0.411. The Hall–Kier alpha value is -3.39. The quantitative estimate of drug-likeness (QED) is 0.553. The van der Waals surface area contributed by atoms with Crippen LogP contribution in [0, 0.1) is 0 Å². The lowest BCUT2D eigenvalue weighted by Crippen LogP contribution is -2.19. The minimum absolute atomic E-state index is 0.0962. The molecule has 28 heavy (non-hydrogen) atoms. The predicted molar refractivity (Wildman–Crippen MR) is 111 cm³/mol. The fraction of sp³-hybridized carbons (Fsp3) is 0.150. The van der Waals surface area contributed by atoms with Crippen LogP contribution in [0.15, 0.2) is 60.0 Å². The smallest absolute Gasteiger partial charge is 0.325 e. The maximum Gasteiger partial charge on any atom is 0.325 e. The maximum atomic E-state index is 12.3. The normalized spacial score (nSPS) is 10.2. The zero-order valence-electron chi connectivity index (χ0n) is 15.3. The predicted octanol–water partition coefficient (Wildman–Crippen LogP) is 4.37. The van der Waals surface area contributed by atoms with E-state index in [-0.39, 0.29) is 18.4 Å². The Balaban J connectivity index is 1.54. The van der Waals surface area contributed by atoms with Crippen LogP contribution in [0.2, 0.25) is 0 Å². The summed E-state index contributed by atoms with van der Waals surface area (Å²) < 4.78 is 5.50. The van der Waals surface area contributed by atoms with Crippen molar-refractivity contribution in [2.45, 2.75) is 13.3 Å². The van der Waals surface area contributed by atoms with Crippen LogP contribution in [-0.4, -0.2) is 23.5 Å². The van der Waals surface area contributed by atoms with Gasteiger partial charge in [0.2, 0.25) is 5.91 Å². The van der Waals surface area contributed by atoms with E-state index in [1.54, 1.807) is 29.6 Å². The van der Waals surface area contributed by atoms with E-state index in [0.29, 0.717) is 34.6 Å². The number of hydrogen-bond donors (Lipinski definition) is 3. The van der Waals surface area contributed by atoms with Gasteiger partial charge in [-0.25, -0.2) is 9.78 Å². The first-order valence-electron chi connectivity index (χ1n) is 8.73. The van der Waals surface area contributed by atoms with E-state index in [0.717, 1.165) is 0 Å². The van der Waals surface area contributed by atoms with Gasteiger partial charge in [-0.05, 0) is 31.2 Å². The highest BCUT2D eigenvalue weighted by molar-refractivity contribution is 7.14. The molecule has 3 N–H and O–H groups in total. The molecule has 0 fully saturated rings. The summed E-state index contributed by atoms with van der Waals surface area (Å²) in [7, 11) is 0. The third-order valence-electron chi connectivity index (χ3n) is 3.61. The van der Waals surface area contributed by atoms with Crippen molar-refractivity contribution in [2.75, 3.05) is 22.6 Å². The number of carbonyl (C=O) groups is 2. The largest absolute Gasteiger partial charge is 0.492 e. The number of benzene rings is 2. The van der Waals surface area contributed by atoms with Gasteiger partial charge in [0, 0.05) is 11.1 Å². The lowest BCUT2D eigenvalue weighted by atomic mass is 10.2. The van der Waals surface area contributed by atoms with Crippen LogP contribution in [-0.2, 0) is 11.2 Å². The molecule has 7 nitrogen and oxygen atoms in total. The molecule has 0 aliphatic carbocycles. The topological polar surface area (TPSA) is 92.4 Å². The molecule has 1 heterocycles. The maximum absolute atomic E-state index is 12.3. The Kier molecular flexibility index (Phi) is 6.59. The number of thiazole rings is 1. The van der Waals surface area contributed by atoms with Crippen molar-refractivity contribution in [1.82, 2.24) is 4.98 Å². The summed E-state index contributed by atoms with van der Waals surface area (Å²) in [4.78, 5) is 28.6. The lowest BCUT2D eigenvalue weighted by molar-refractivity contribution is -0.115. The van der Waals surface area contributed by atoms with Gasteiger partial charge in [0.25, 0.3) is 0 Å². The van der Waals surface area contributed by atoms with Gasteiger partial charge in [0.05, 0.1) is 24.4 Å². The van der Waals surface area contributed by atoms with Crippen LogP contribution < -0.4 is 20.7 Å². The van der Waals surface area contributed by atoms with Gasteiger partial charge >= 0.3 is 6.03 Å². The molecule has 0 atom stereocenters. The molecule has 0 radical (unpaired) electrons. The molecule has 0 aliphatic rings. The summed E-state index contributed by atoms with van der Waals surface area (Å²) >= 11 is 1.26. The van der Waals surface area contributed by atoms with E-state index < -0.39 is 0 Å². The number of nitrogens with zero attached hydrogens (tertiary/aromatic N) is 1. The molecule has 3 aromatic rings. The second-order valence-corrected chi connectivity index (χ2v) is 6.60. The Morgan fingerprint density at radius 2 is 1.75 bits per heavy atom. The summed E-state index contributed by atoms with van der Waals surface area (Å²) in [6.45, 7) is 2.40. The molecule has 0 bridgehead atoms. The highest BCUT2D eigenvalue weighted by Crippen LogP contribution is 2.24. The standard InChI is InChI=1S/C20H20N4O3S/c1-2-27-17-11-7-6-10-16(17)23-18(25)12-15-13-28-20(22-15)24-19(26)21-14-8-4-3-5-9-14/h3-11,13H,2,12H2,1H3,(H,23,25)(H2,21,22,24,26). The average molecular weight is 396 g/mol. The van der Waals surface area contributed by atoms with Crippen molar-refractivity contribution >= 4 is 39.8 Å². The fourth-order valence-corrected chi connectivity index (χ4v) is 3.14. The van der Waals surface area contributed by atoms with Crippen molar-refractivity contribution in [3.8, 4) is 5.75 Å². The summed E-state index contributed by atoms with van der Waals surface area (Å²) in [5, 5.41) is 10.4. The molecule has 0 spiro atoms. The van der Waals surface area contributed by atoms with E-state index in [2.05, 4.69) is 20.9 Å². The first-order valence-corrected chi connectivity index (χ1v) is 9.61. The first-order chi connectivity index (χ1) is 13.6. The second-order valence-electron chi connectivity index (χ2n) is 5.74. The Bertz CT molecular complexity index is 943. The van der Waals surface area contributed by atoms with E-state index in [1.807, 2.05) is 37.3 Å². The monoisotopic (exact) mass is 396 g/mol. The zero-order valence-corrected chi connectivity index (χ0v) is 16.1. The SMILES string of the molecule is CCOc1ccccc1NC(=O)Cc1csc(NC(=O)Nc2ccccc2)n1. The van der Waals surface area contributed by atoms with Crippen molar-refractivity contribution in [1.29, 1.82) is 0 Å². The van der Waals surface area contributed by atoms with Crippen molar-refractivity contribution in [2.24, 2.45) is 0 Å². The fourth-order valence-electron chi connectivity index (χ4n) is 2.44. The van der Waals surface area contributed by atoms with Crippen LogP contribution in [0.4, 0.5) is 21.3 Å². The van der Waals surface area contributed by atoms with Gasteiger partial charge in [0.1, 0.15) is 5.75 Å². The van der Waals surface area contributed by atoms with Crippen LogP contribution in [0.5, 0.6) is 5.75 Å². The molecule has 0 saturated carbocycles. The molecule has 0 saturated heterocycles. The molecule has 3 rings (SSSR count). The minimum atomic E-state index is -0.387.